The molecule has 3 rings (SSSR count). The summed E-state index contributed by atoms with van der Waals surface area (Å²) in [6, 6.07) is 14.1. The van der Waals surface area contributed by atoms with Crippen molar-refractivity contribution in [3.63, 3.8) is 0 Å². The largest absolute Gasteiger partial charge is 0.491 e. The number of carbonyl (C=O) groups excluding carboxylic acids is 2. The van der Waals surface area contributed by atoms with E-state index in [1.807, 2.05) is 30.3 Å². The number of rotatable bonds is 2. The summed E-state index contributed by atoms with van der Waals surface area (Å²) in [5.74, 6) is 0.0153. The van der Waals surface area contributed by atoms with Crippen molar-refractivity contribution in [2.75, 3.05) is 25.0 Å². The van der Waals surface area contributed by atoms with Crippen molar-refractivity contribution in [2.45, 2.75) is 6.42 Å². The van der Waals surface area contributed by atoms with Crippen molar-refractivity contribution in [1.82, 2.24) is 10.4 Å². The zero-order valence-electron chi connectivity index (χ0n) is 13.6. The quantitative estimate of drug-likeness (QED) is 0.577. The van der Waals surface area contributed by atoms with Crippen molar-refractivity contribution in [3.05, 3.63) is 59.7 Å². The standard InChI is InChI=1S/C18H19N3O4/c22-17(20-24)14-7-6-13-8-9-21(10-11-25-16(13)12-14)18(23)19-15-4-2-1-3-5-15/h1-7,12,24H,8-11H2,(H,19,23)(H,20,22). The van der Waals surface area contributed by atoms with Gasteiger partial charge in [-0.25, -0.2) is 10.3 Å². The number of para-hydroxylation sites is 1. The minimum Gasteiger partial charge on any atom is -0.491 e. The number of anilines is 1. The normalized spacial score (nSPS) is 13.7. The average molecular weight is 341 g/mol. The summed E-state index contributed by atoms with van der Waals surface area (Å²) in [4.78, 5) is 25.6. The molecule has 0 aromatic heterocycles. The van der Waals surface area contributed by atoms with Gasteiger partial charge in [-0.15, -0.1) is 0 Å². The number of hydroxylamine groups is 1. The molecule has 0 atom stereocenters. The monoisotopic (exact) mass is 341 g/mol. The molecule has 0 saturated carbocycles. The zero-order valence-corrected chi connectivity index (χ0v) is 13.6. The molecule has 1 aliphatic rings. The number of ether oxygens (including phenoxy) is 1. The first kappa shape index (κ1) is 16.8. The predicted octanol–water partition coefficient (Wildman–Crippen LogP) is 2.27. The van der Waals surface area contributed by atoms with E-state index in [0.717, 1.165) is 11.3 Å². The van der Waals surface area contributed by atoms with E-state index in [-0.39, 0.29) is 6.03 Å². The van der Waals surface area contributed by atoms with E-state index >= 15 is 0 Å². The van der Waals surface area contributed by atoms with Gasteiger partial charge >= 0.3 is 6.03 Å². The molecule has 0 spiro atoms. The summed E-state index contributed by atoms with van der Waals surface area (Å²) in [6.07, 6.45) is 0.610. The summed E-state index contributed by atoms with van der Waals surface area (Å²) in [7, 11) is 0. The number of fused-ring (bicyclic) bond motifs is 1. The maximum atomic E-state index is 12.4. The number of benzene rings is 2. The Hall–Kier alpha value is -3.06. The van der Waals surface area contributed by atoms with Crippen molar-refractivity contribution < 1.29 is 19.5 Å². The third kappa shape index (κ3) is 4.07. The molecule has 0 aliphatic carbocycles. The van der Waals surface area contributed by atoms with Crippen LogP contribution in [0.2, 0.25) is 0 Å². The fourth-order valence-electron chi connectivity index (χ4n) is 2.66. The smallest absolute Gasteiger partial charge is 0.321 e. The molecule has 7 heteroatoms. The third-order valence-electron chi connectivity index (χ3n) is 4.01. The lowest BCUT2D eigenvalue weighted by molar-refractivity contribution is 0.0706. The number of nitrogens with zero attached hydrogens (tertiary/aromatic N) is 1. The second-order valence-electron chi connectivity index (χ2n) is 5.65. The number of amides is 3. The van der Waals surface area contributed by atoms with E-state index in [9.17, 15) is 9.59 Å². The maximum absolute atomic E-state index is 12.4. The topological polar surface area (TPSA) is 90.9 Å². The molecular weight excluding hydrogens is 322 g/mol. The van der Waals surface area contributed by atoms with Gasteiger partial charge in [-0.2, -0.15) is 0 Å². The Balaban J connectivity index is 1.68. The van der Waals surface area contributed by atoms with Crippen LogP contribution in [0.25, 0.3) is 0 Å². The third-order valence-corrected chi connectivity index (χ3v) is 4.01. The van der Waals surface area contributed by atoms with E-state index in [0.29, 0.717) is 37.4 Å². The Morgan fingerprint density at radius 1 is 1.08 bits per heavy atom. The van der Waals surface area contributed by atoms with Crippen LogP contribution >= 0.6 is 0 Å². The van der Waals surface area contributed by atoms with Gasteiger partial charge in [-0.1, -0.05) is 24.3 Å². The van der Waals surface area contributed by atoms with Crippen molar-refractivity contribution in [1.29, 1.82) is 0 Å². The van der Waals surface area contributed by atoms with Gasteiger partial charge in [0.15, 0.2) is 0 Å². The van der Waals surface area contributed by atoms with Crippen LogP contribution in [0.1, 0.15) is 15.9 Å². The maximum Gasteiger partial charge on any atom is 0.321 e. The molecule has 3 amide bonds. The summed E-state index contributed by atoms with van der Waals surface area (Å²) in [6.45, 7) is 1.30. The second kappa shape index (κ2) is 7.67. The van der Waals surface area contributed by atoms with Gasteiger partial charge in [0.05, 0.1) is 6.54 Å². The Bertz CT molecular complexity index is 764. The summed E-state index contributed by atoms with van der Waals surface area (Å²) >= 11 is 0. The lowest BCUT2D eigenvalue weighted by atomic mass is 10.1. The van der Waals surface area contributed by atoms with Crippen LogP contribution in [-0.2, 0) is 6.42 Å². The van der Waals surface area contributed by atoms with Gasteiger partial charge in [-0.3, -0.25) is 10.0 Å². The van der Waals surface area contributed by atoms with Crippen LogP contribution < -0.4 is 15.5 Å². The first-order valence-corrected chi connectivity index (χ1v) is 7.98. The van der Waals surface area contributed by atoms with E-state index in [1.54, 1.807) is 28.6 Å². The van der Waals surface area contributed by atoms with Crippen LogP contribution in [-0.4, -0.2) is 41.7 Å². The molecule has 0 radical (unpaired) electrons. The Labute approximate surface area is 145 Å². The minimum absolute atomic E-state index is 0.172. The number of carbonyl (C=O) groups is 2. The highest BCUT2D eigenvalue weighted by Crippen LogP contribution is 2.23. The average Bonchev–Trinajstić information content (AvgIpc) is 2.62. The molecule has 1 aliphatic heterocycles. The SMILES string of the molecule is O=C(NO)c1ccc2c(c1)OCCN(C(=O)Nc1ccccc1)CC2. The molecule has 130 valence electrons. The van der Waals surface area contributed by atoms with E-state index < -0.39 is 5.91 Å². The number of urea groups is 1. The van der Waals surface area contributed by atoms with Gasteiger partial charge in [0.1, 0.15) is 12.4 Å². The fraction of sp³-hybridized carbons (Fsp3) is 0.222. The Morgan fingerprint density at radius 3 is 2.64 bits per heavy atom. The van der Waals surface area contributed by atoms with Gasteiger partial charge < -0.3 is 15.0 Å². The first-order valence-electron chi connectivity index (χ1n) is 7.98. The van der Waals surface area contributed by atoms with Gasteiger partial charge in [0, 0.05) is 17.8 Å². The van der Waals surface area contributed by atoms with Gasteiger partial charge in [0.25, 0.3) is 5.91 Å². The molecule has 0 fully saturated rings. The minimum atomic E-state index is -0.586. The highest BCUT2D eigenvalue weighted by atomic mass is 16.5. The van der Waals surface area contributed by atoms with Crippen LogP contribution in [0, 0.1) is 0 Å². The molecule has 2 aromatic rings. The summed E-state index contributed by atoms with van der Waals surface area (Å²) in [5, 5.41) is 11.6. The summed E-state index contributed by atoms with van der Waals surface area (Å²) < 4.78 is 5.71. The van der Waals surface area contributed by atoms with E-state index in [1.165, 1.54) is 0 Å². The zero-order chi connectivity index (χ0) is 17.6. The van der Waals surface area contributed by atoms with E-state index in [2.05, 4.69) is 5.32 Å². The number of hydrogen-bond donors (Lipinski definition) is 3. The number of nitrogens with one attached hydrogen (secondary N) is 2. The molecule has 2 aromatic carbocycles. The lowest BCUT2D eigenvalue weighted by Gasteiger charge is -2.26. The van der Waals surface area contributed by atoms with Crippen LogP contribution in [0.3, 0.4) is 0 Å². The number of hydrogen-bond acceptors (Lipinski definition) is 4. The fourth-order valence-corrected chi connectivity index (χ4v) is 2.66. The molecule has 0 bridgehead atoms. The van der Waals surface area contributed by atoms with Gasteiger partial charge in [-0.05, 0) is 36.2 Å². The molecule has 0 unspecified atom stereocenters. The molecule has 0 saturated heterocycles. The highest BCUT2D eigenvalue weighted by molar-refractivity contribution is 5.94. The highest BCUT2D eigenvalue weighted by Gasteiger charge is 2.19. The second-order valence-corrected chi connectivity index (χ2v) is 5.65. The van der Waals surface area contributed by atoms with E-state index in [4.69, 9.17) is 9.94 Å². The van der Waals surface area contributed by atoms with Crippen molar-refractivity contribution >= 4 is 17.6 Å². The molecular formula is C18H19N3O4. The molecule has 7 nitrogen and oxygen atoms in total. The Kier molecular flexibility index (Phi) is 5.15. The summed E-state index contributed by atoms with van der Waals surface area (Å²) in [5.41, 5.74) is 3.58. The van der Waals surface area contributed by atoms with Crippen LogP contribution in [0.5, 0.6) is 5.75 Å². The van der Waals surface area contributed by atoms with Crippen LogP contribution in [0.15, 0.2) is 48.5 Å². The molecule has 1 heterocycles. The first-order chi connectivity index (χ1) is 12.2. The van der Waals surface area contributed by atoms with Crippen molar-refractivity contribution in [3.8, 4) is 5.75 Å². The lowest BCUT2D eigenvalue weighted by Crippen LogP contribution is -2.40. The molecule has 3 N–H and O–H groups in total. The molecule has 25 heavy (non-hydrogen) atoms. The van der Waals surface area contributed by atoms with Crippen LogP contribution in [0.4, 0.5) is 10.5 Å². The predicted molar refractivity (Wildman–Crippen MR) is 91.9 cm³/mol. The Morgan fingerprint density at radius 2 is 1.88 bits per heavy atom. The van der Waals surface area contributed by atoms with Crippen molar-refractivity contribution in [2.24, 2.45) is 0 Å². The van der Waals surface area contributed by atoms with Gasteiger partial charge in [0.2, 0.25) is 0 Å².